The molecule has 8 heteroatoms. The van der Waals surface area contributed by atoms with Crippen LogP contribution in [0.25, 0.3) is 0 Å². The molecule has 2 atom stereocenters. The van der Waals surface area contributed by atoms with Gasteiger partial charge in [0.05, 0.1) is 5.92 Å². The first-order chi connectivity index (χ1) is 10.6. The minimum atomic E-state index is -4.52. The molecule has 0 spiro atoms. The van der Waals surface area contributed by atoms with Crippen molar-refractivity contribution in [3.63, 3.8) is 0 Å². The Morgan fingerprint density at radius 3 is 2.22 bits per heavy atom. The van der Waals surface area contributed by atoms with E-state index in [-0.39, 0.29) is 0 Å². The molecule has 0 saturated carbocycles. The molecular weight excluding hydrogens is 322 g/mol. The summed E-state index contributed by atoms with van der Waals surface area (Å²) in [5, 5.41) is 11.2. The Morgan fingerprint density at radius 2 is 1.78 bits per heavy atom. The van der Waals surface area contributed by atoms with E-state index in [1.165, 1.54) is 0 Å². The van der Waals surface area contributed by atoms with E-state index in [0.717, 1.165) is 11.1 Å². The van der Waals surface area contributed by atoms with Gasteiger partial charge in [0.2, 0.25) is 5.91 Å². The summed E-state index contributed by atoms with van der Waals surface area (Å²) < 4.78 is 30.5. The van der Waals surface area contributed by atoms with E-state index in [2.05, 4.69) is 5.32 Å². The highest BCUT2D eigenvalue weighted by Crippen LogP contribution is 2.22. The number of carboxylic acid groups (broad SMARTS) is 1. The van der Waals surface area contributed by atoms with Crippen molar-refractivity contribution < 1.29 is 27.7 Å². The van der Waals surface area contributed by atoms with Gasteiger partial charge in [-0.2, -0.15) is 8.42 Å². The average molecular weight is 343 g/mol. The lowest BCUT2D eigenvalue weighted by atomic mass is 9.92. The number of carbonyl (C=O) groups is 2. The van der Waals surface area contributed by atoms with E-state index in [0.29, 0.717) is 12.8 Å². The van der Waals surface area contributed by atoms with Crippen molar-refractivity contribution in [3.05, 3.63) is 35.4 Å². The van der Waals surface area contributed by atoms with Gasteiger partial charge in [-0.05, 0) is 18.9 Å². The van der Waals surface area contributed by atoms with Crippen LogP contribution in [0.4, 0.5) is 0 Å². The first-order valence-electron chi connectivity index (χ1n) is 7.19. The van der Waals surface area contributed by atoms with Crippen molar-refractivity contribution in [1.29, 1.82) is 0 Å². The van der Waals surface area contributed by atoms with Gasteiger partial charge in [0.1, 0.15) is 11.8 Å². The number of carbonyl (C=O) groups excluding carboxylic acids is 1. The molecule has 0 aliphatic rings. The Hall–Kier alpha value is -1.93. The summed E-state index contributed by atoms with van der Waals surface area (Å²) in [6, 6.07) is 5.57. The molecule has 0 bridgehead atoms. The van der Waals surface area contributed by atoms with Gasteiger partial charge in [-0.3, -0.25) is 9.35 Å². The van der Waals surface area contributed by atoms with Gasteiger partial charge < -0.3 is 10.4 Å². The van der Waals surface area contributed by atoms with Crippen LogP contribution in [0.5, 0.6) is 0 Å². The molecule has 0 heterocycles. The lowest BCUT2D eigenvalue weighted by molar-refractivity contribution is -0.141. The van der Waals surface area contributed by atoms with E-state index < -0.39 is 39.7 Å². The molecule has 7 nitrogen and oxygen atoms in total. The topological polar surface area (TPSA) is 121 Å². The second-order valence-electron chi connectivity index (χ2n) is 5.40. The van der Waals surface area contributed by atoms with E-state index >= 15 is 0 Å². The third kappa shape index (κ3) is 6.37. The maximum Gasteiger partial charge on any atom is 0.327 e. The van der Waals surface area contributed by atoms with E-state index in [1.807, 2.05) is 26.0 Å². The molecule has 1 aromatic rings. The zero-order valence-corrected chi connectivity index (χ0v) is 13.8. The Labute approximate surface area is 135 Å². The van der Waals surface area contributed by atoms with Crippen molar-refractivity contribution >= 4 is 22.0 Å². The SMILES string of the molecule is CCCC(C(=O)N[C@@H](CS(=O)(=O)O)C(=O)O)c1ccc(C)cc1. The standard InChI is InChI=1S/C15H21NO6S/c1-3-4-12(11-7-5-10(2)6-8-11)14(17)16-13(15(18)19)9-23(20,21)22/h5-8,12-13H,3-4,9H2,1-2H3,(H,16,17)(H,18,19)(H,20,21,22)/t12?,13-/m0/s1. The normalized spacial score (nSPS) is 14.0. The quantitative estimate of drug-likeness (QED) is 0.612. The summed E-state index contributed by atoms with van der Waals surface area (Å²) in [4.78, 5) is 23.5. The van der Waals surface area contributed by atoms with Gasteiger partial charge in [0.25, 0.3) is 10.1 Å². The first kappa shape index (κ1) is 19.1. The Kier molecular flexibility index (Phi) is 6.71. The molecule has 23 heavy (non-hydrogen) atoms. The van der Waals surface area contributed by atoms with Crippen LogP contribution in [0, 0.1) is 6.92 Å². The fourth-order valence-corrected chi connectivity index (χ4v) is 2.84. The van der Waals surface area contributed by atoms with Crippen LogP contribution in [0.2, 0.25) is 0 Å². The predicted molar refractivity (Wildman–Crippen MR) is 84.8 cm³/mol. The summed E-state index contributed by atoms with van der Waals surface area (Å²) in [5.74, 6) is -3.74. The number of aliphatic carboxylic acids is 1. The monoisotopic (exact) mass is 343 g/mol. The number of carboxylic acids is 1. The van der Waals surface area contributed by atoms with Crippen LogP contribution in [0.1, 0.15) is 36.8 Å². The maximum absolute atomic E-state index is 12.4. The predicted octanol–water partition coefficient (Wildman–Crippen LogP) is 1.34. The first-order valence-corrected chi connectivity index (χ1v) is 8.80. The third-order valence-corrected chi connectivity index (χ3v) is 4.12. The fourth-order valence-electron chi connectivity index (χ4n) is 2.19. The van der Waals surface area contributed by atoms with Gasteiger partial charge in [-0.25, -0.2) is 4.79 Å². The van der Waals surface area contributed by atoms with Gasteiger partial charge in [0, 0.05) is 0 Å². The average Bonchev–Trinajstić information content (AvgIpc) is 2.43. The second kappa shape index (κ2) is 8.07. The number of hydrogen-bond donors (Lipinski definition) is 3. The summed E-state index contributed by atoms with van der Waals surface area (Å²) in [7, 11) is -4.52. The number of benzene rings is 1. The number of rotatable bonds is 8. The molecule has 0 aliphatic heterocycles. The highest BCUT2D eigenvalue weighted by atomic mass is 32.2. The fraction of sp³-hybridized carbons (Fsp3) is 0.467. The van der Waals surface area contributed by atoms with Crippen LogP contribution in [-0.4, -0.2) is 41.7 Å². The second-order valence-corrected chi connectivity index (χ2v) is 6.90. The summed E-state index contributed by atoms with van der Waals surface area (Å²) >= 11 is 0. The van der Waals surface area contributed by atoms with Crippen molar-refractivity contribution in [2.45, 2.75) is 38.6 Å². The summed E-state index contributed by atoms with van der Waals surface area (Å²) in [6.45, 7) is 3.80. The van der Waals surface area contributed by atoms with Gasteiger partial charge in [-0.1, -0.05) is 43.2 Å². The summed E-state index contributed by atoms with van der Waals surface area (Å²) in [6.07, 6.45) is 1.19. The van der Waals surface area contributed by atoms with Crippen LogP contribution in [0.3, 0.4) is 0 Å². The van der Waals surface area contributed by atoms with E-state index in [4.69, 9.17) is 9.66 Å². The Bertz CT molecular complexity index is 653. The summed E-state index contributed by atoms with van der Waals surface area (Å²) in [5.41, 5.74) is 1.75. The molecule has 1 amide bonds. The van der Waals surface area contributed by atoms with Crippen molar-refractivity contribution in [2.24, 2.45) is 0 Å². The molecule has 0 radical (unpaired) electrons. The molecule has 0 fully saturated rings. The highest BCUT2D eigenvalue weighted by Gasteiger charge is 2.29. The molecule has 0 saturated heterocycles. The molecule has 3 N–H and O–H groups in total. The maximum atomic E-state index is 12.4. The smallest absolute Gasteiger partial charge is 0.327 e. The van der Waals surface area contributed by atoms with Gasteiger partial charge in [0.15, 0.2) is 0 Å². The van der Waals surface area contributed by atoms with E-state index in [1.54, 1.807) is 12.1 Å². The highest BCUT2D eigenvalue weighted by molar-refractivity contribution is 7.85. The zero-order chi connectivity index (χ0) is 17.6. The Balaban J connectivity index is 2.96. The largest absolute Gasteiger partial charge is 0.480 e. The molecule has 1 aromatic carbocycles. The van der Waals surface area contributed by atoms with Crippen molar-refractivity contribution in [1.82, 2.24) is 5.32 Å². The lowest BCUT2D eigenvalue weighted by Crippen LogP contribution is -2.47. The molecule has 128 valence electrons. The van der Waals surface area contributed by atoms with Crippen LogP contribution in [0.15, 0.2) is 24.3 Å². The molecule has 1 unspecified atom stereocenters. The van der Waals surface area contributed by atoms with Crippen molar-refractivity contribution in [2.75, 3.05) is 5.75 Å². The van der Waals surface area contributed by atoms with Crippen LogP contribution >= 0.6 is 0 Å². The molecule has 0 aromatic heterocycles. The number of nitrogens with one attached hydrogen (secondary N) is 1. The van der Waals surface area contributed by atoms with Crippen LogP contribution < -0.4 is 5.32 Å². The zero-order valence-electron chi connectivity index (χ0n) is 13.0. The van der Waals surface area contributed by atoms with E-state index in [9.17, 15) is 18.0 Å². The third-order valence-electron chi connectivity index (χ3n) is 3.37. The molecule has 1 rings (SSSR count). The van der Waals surface area contributed by atoms with Gasteiger partial charge in [-0.15, -0.1) is 0 Å². The number of aryl methyl sites for hydroxylation is 1. The molecular formula is C15H21NO6S. The number of amides is 1. The lowest BCUT2D eigenvalue weighted by Gasteiger charge is -2.20. The Morgan fingerprint density at radius 1 is 1.22 bits per heavy atom. The van der Waals surface area contributed by atoms with Crippen molar-refractivity contribution in [3.8, 4) is 0 Å². The molecule has 0 aliphatic carbocycles. The van der Waals surface area contributed by atoms with Crippen LogP contribution in [-0.2, 0) is 19.7 Å². The minimum absolute atomic E-state index is 0.493. The minimum Gasteiger partial charge on any atom is -0.480 e. The van der Waals surface area contributed by atoms with Gasteiger partial charge >= 0.3 is 5.97 Å². The number of hydrogen-bond acceptors (Lipinski definition) is 4.